The van der Waals surface area contributed by atoms with Crippen LogP contribution >= 0.6 is 0 Å². The molecule has 0 N–H and O–H groups in total. The van der Waals surface area contributed by atoms with Gasteiger partial charge in [-0.05, 0) is 24.2 Å². The fourth-order valence-corrected chi connectivity index (χ4v) is 6.47. The monoisotopic (exact) mass is 150 g/mol. The summed E-state index contributed by atoms with van der Waals surface area (Å²) in [4.78, 5) is 0. The van der Waals surface area contributed by atoms with Crippen LogP contribution < -0.4 is 18.9 Å². The minimum Gasteiger partial charge on any atom is -0.303 e. The van der Waals surface area contributed by atoms with E-state index in [0.29, 0.717) is 0 Å². The van der Waals surface area contributed by atoms with Gasteiger partial charge in [-0.1, -0.05) is 17.8 Å². The first-order valence-corrected chi connectivity index (χ1v) is 5.34. The molecule has 12 heavy (non-hydrogen) atoms. The van der Waals surface area contributed by atoms with Crippen LogP contribution in [0.25, 0.3) is 0 Å². The van der Waals surface area contributed by atoms with Gasteiger partial charge in [0, 0.05) is 0 Å². The van der Waals surface area contributed by atoms with E-state index in [1.807, 2.05) is 0 Å². The second kappa shape index (κ2) is 1.23. The van der Waals surface area contributed by atoms with Crippen molar-refractivity contribution >= 4 is 0 Å². The van der Waals surface area contributed by atoms with Crippen LogP contribution in [0.15, 0.2) is 0 Å². The van der Waals surface area contributed by atoms with E-state index in [4.69, 9.17) is 0 Å². The summed E-state index contributed by atoms with van der Waals surface area (Å²) in [5, 5.41) is 0. The Morgan fingerprint density at radius 1 is 0.917 bits per heavy atom. The van der Waals surface area contributed by atoms with E-state index in [1.165, 1.54) is 41.4 Å². The van der Waals surface area contributed by atoms with Crippen molar-refractivity contribution in [2.45, 2.75) is 12.8 Å². The minimum atomic E-state index is 0. The fraction of sp³-hybridized carbons (Fsp3) is 0.909. The first kappa shape index (κ1) is 6.15. The molecule has 7 rings (SSSR count). The van der Waals surface area contributed by atoms with Gasteiger partial charge in [-0.2, -0.15) is 17.8 Å². The third kappa shape index (κ3) is 0.241. The molecule has 0 radical (unpaired) electrons. The van der Waals surface area contributed by atoms with Crippen molar-refractivity contribution in [1.82, 2.24) is 0 Å². The molecule has 0 heterocycles. The van der Waals surface area contributed by atoms with Crippen molar-refractivity contribution in [2.75, 3.05) is 0 Å². The second-order valence-corrected chi connectivity index (χ2v) is 5.93. The average molecular weight is 150 g/mol. The van der Waals surface area contributed by atoms with Crippen molar-refractivity contribution in [1.29, 1.82) is 0 Å². The van der Waals surface area contributed by atoms with Gasteiger partial charge in [-0.15, -0.1) is 0 Å². The Balaban J connectivity index is 0.000000427. The third-order valence-corrected chi connectivity index (χ3v) is 6.49. The van der Waals surface area contributed by atoms with Crippen molar-refractivity contribution in [3.63, 3.8) is 0 Å². The first-order chi connectivity index (χ1) is 5.47. The van der Waals surface area contributed by atoms with E-state index in [-0.39, 0.29) is 18.9 Å². The summed E-state index contributed by atoms with van der Waals surface area (Å²) in [7, 11) is 0. The standard InChI is InChI=1S/C11H11.Li/c1-2-3(1)11-8-5-4-6(8)10(11)7(4)9(5)11;/h3,5-10H,1-2H2;/q-1;+1. The molecule has 0 aliphatic heterocycles. The van der Waals surface area contributed by atoms with Gasteiger partial charge >= 0.3 is 18.9 Å². The zero-order valence-corrected chi connectivity index (χ0v) is 7.46. The molecule has 0 atom stereocenters. The predicted octanol–water partition coefficient (Wildman–Crippen LogP) is -1.27. The van der Waals surface area contributed by atoms with E-state index < -0.39 is 0 Å². The fourth-order valence-electron chi connectivity index (χ4n) is 6.47. The van der Waals surface area contributed by atoms with Crippen molar-refractivity contribution in [2.24, 2.45) is 46.8 Å². The summed E-state index contributed by atoms with van der Waals surface area (Å²) >= 11 is 0. The molecule has 7 fully saturated rings. The Kier molecular flexibility index (Phi) is 0.628. The minimum absolute atomic E-state index is 0. The number of hydrogen-bond donors (Lipinski definition) is 0. The van der Waals surface area contributed by atoms with Gasteiger partial charge in [-0.25, -0.2) is 0 Å². The van der Waals surface area contributed by atoms with Crippen LogP contribution in [0.5, 0.6) is 0 Å². The van der Waals surface area contributed by atoms with E-state index in [1.54, 1.807) is 12.8 Å². The van der Waals surface area contributed by atoms with Gasteiger partial charge in [0.15, 0.2) is 0 Å². The normalized spacial score (nSPS) is 83.0. The van der Waals surface area contributed by atoms with Crippen LogP contribution in [0, 0.1) is 52.8 Å². The van der Waals surface area contributed by atoms with E-state index in [2.05, 4.69) is 5.92 Å². The summed E-state index contributed by atoms with van der Waals surface area (Å²) in [6.07, 6.45) is 3.23. The van der Waals surface area contributed by atoms with E-state index in [9.17, 15) is 0 Å². The van der Waals surface area contributed by atoms with Gasteiger partial charge in [0.1, 0.15) is 0 Å². The molecule has 0 aromatic rings. The molecule has 7 aliphatic carbocycles. The summed E-state index contributed by atoms with van der Waals surface area (Å²) in [5.74, 6) is 11.0. The Morgan fingerprint density at radius 2 is 1.42 bits per heavy atom. The van der Waals surface area contributed by atoms with Crippen LogP contribution in [-0.2, 0) is 0 Å². The molecule has 0 bridgehead atoms. The predicted molar refractivity (Wildman–Crippen MR) is 39.3 cm³/mol. The summed E-state index contributed by atoms with van der Waals surface area (Å²) in [5.41, 5.74) is 1.06. The van der Waals surface area contributed by atoms with Crippen LogP contribution in [-0.4, -0.2) is 0 Å². The molecule has 0 aromatic carbocycles. The van der Waals surface area contributed by atoms with Crippen LogP contribution in [0.1, 0.15) is 12.8 Å². The zero-order chi connectivity index (χ0) is 6.53. The summed E-state index contributed by atoms with van der Waals surface area (Å²) < 4.78 is 0. The van der Waals surface area contributed by atoms with Crippen molar-refractivity contribution < 1.29 is 18.9 Å². The second-order valence-electron chi connectivity index (χ2n) is 5.93. The van der Waals surface area contributed by atoms with E-state index in [0.717, 1.165) is 5.41 Å². The van der Waals surface area contributed by atoms with Crippen LogP contribution in [0.4, 0.5) is 0 Å². The maximum Gasteiger partial charge on any atom is 1.00 e. The van der Waals surface area contributed by atoms with E-state index >= 15 is 0 Å². The molecule has 7 aliphatic rings. The quantitative estimate of drug-likeness (QED) is 0.323. The van der Waals surface area contributed by atoms with Gasteiger partial charge < -0.3 is 5.92 Å². The van der Waals surface area contributed by atoms with Gasteiger partial charge in [0.05, 0.1) is 0 Å². The molecule has 0 unspecified atom stereocenters. The molecule has 0 spiro atoms. The Labute approximate surface area is 84.7 Å². The van der Waals surface area contributed by atoms with Gasteiger partial charge in [0.2, 0.25) is 0 Å². The molecular formula is C11H11Li. The molecule has 7 saturated carbocycles. The van der Waals surface area contributed by atoms with Crippen LogP contribution in [0.2, 0.25) is 0 Å². The third-order valence-electron chi connectivity index (χ3n) is 6.49. The summed E-state index contributed by atoms with van der Waals surface area (Å²) in [6, 6.07) is 0. The number of hydrogen-bond acceptors (Lipinski definition) is 0. The smallest absolute Gasteiger partial charge is 0.303 e. The average Bonchev–Trinajstić information content (AvgIpc) is 2.87. The van der Waals surface area contributed by atoms with Crippen LogP contribution in [0.3, 0.4) is 0 Å². The number of rotatable bonds is 1. The van der Waals surface area contributed by atoms with Gasteiger partial charge in [0.25, 0.3) is 0 Å². The molecular weight excluding hydrogens is 139 g/mol. The Bertz CT molecular complexity index is 266. The van der Waals surface area contributed by atoms with Crippen molar-refractivity contribution in [3.8, 4) is 0 Å². The molecule has 0 nitrogen and oxygen atoms in total. The molecule has 1 heteroatoms. The van der Waals surface area contributed by atoms with Gasteiger partial charge in [-0.3, -0.25) is 0 Å². The molecule has 0 aromatic heterocycles. The topological polar surface area (TPSA) is 0 Å². The first-order valence-electron chi connectivity index (χ1n) is 5.34. The Morgan fingerprint density at radius 3 is 1.83 bits per heavy atom. The molecule has 56 valence electrons. The molecule has 0 amide bonds. The zero-order valence-electron chi connectivity index (χ0n) is 7.46. The largest absolute Gasteiger partial charge is 1.00 e. The maximum atomic E-state index is 2.08. The summed E-state index contributed by atoms with van der Waals surface area (Å²) in [6.45, 7) is 0. The Hall–Kier alpha value is 0.597. The SMILES string of the molecule is C1CC1C12C3C4[C-]5C3C1C5C42.[Li+]. The maximum absolute atomic E-state index is 2.08. The van der Waals surface area contributed by atoms with Crippen molar-refractivity contribution in [3.05, 3.63) is 5.92 Å². The molecule has 0 saturated heterocycles.